The average molecular weight is 299 g/mol. The number of rotatable bonds is 2. The molecule has 2 heterocycles. The molecular weight excluding hydrogens is 274 g/mol. The molecule has 1 N–H and O–H groups in total. The Morgan fingerprint density at radius 3 is 2.68 bits per heavy atom. The molecule has 0 bridgehead atoms. The molecule has 1 unspecified atom stereocenters. The first-order valence-electron chi connectivity index (χ1n) is 7.93. The lowest BCUT2D eigenvalue weighted by molar-refractivity contribution is 0.0732. The quantitative estimate of drug-likeness (QED) is 0.926. The van der Waals surface area contributed by atoms with Gasteiger partial charge >= 0.3 is 0 Å². The number of carbonyl (C=O) groups excluding carboxylic acids is 1. The minimum Gasteiger partial charge on any atom is -0.350 e. The molecule has 3 rings (SSSR count). The maximum absolute atomic E-state index is 12.9. The third-order valence-corrected chi connectivity index (χ3v) is 4.96. The first kappa shape index (κ1) is 15.1. The fourth-order valence-corrected chi connectivity index (χ4v) is 3.57. The van der Waals surface area contributed by atoms with Crippen LogP contribution in [0.4, 0.5) is 0 Å². The Labute approximate surface area is 132 Å². The van der Waals surface area contributed by atoms with Crippen LogP contribution < -0.4 is 0 Å². The summed E-state index contributed by atoms with van der Waals surface area (Å²) < 4.78 is 0. The van der Waals surface area contributed by atoms with Gasteiger partial charge in [-0.05, 0) is 58.0 Å². The number of amides is 1. The van der Waals surface area contributed by atoms with E-state index in [0.29, 0.717) is 6.04 Å². The zero-order chi connectivity index (χ0) is 16.0. The lowest BCUT2D eigenvalue weighted by Gasteiger charge is -2.24. The monoisotopic (exact) mass is 299 g/mol. The van der Waals surface area contributed by atoms with Crippen molar-refractivity contribution in [1.29, 1.82) is 0 Å². The summed E-state index contributed by atoms with van der Waals surface area (Å²) in [7, 11) is 4.04. The van der Waals surface area contributed by atoms with Crippen LogP contribution in [0.2, 0.25) is 0 Å². The summed E-state index contributed by atoms with van der Waals surface area (Å²) >= 11 is 0. The van der Waals surface area contributed by atoms with Gasteiger partial charge in [0.15, 0.2) is 0 Å². The van der Waals surface area contributed by atoms with Crippen LogP contribution in [-0.4, -0.2) is 53.9 Å². The molecule has 1 atom stereocenters. The van der Waals surface area contributed by atoms with E-state index in [2.05, 4.69) is 42.9 Å². The number of nitrogens with zero attached hydrogens (tertiary/aromatic N) is 2. The molecule has 1 aromatic heterocycles. The first-order chi connectivity index (χ1) is 10.4. The third-order valence-electron chi connectivity index (χ3n) is 4.96. The molecule has 1 fully saturated rings. The summed E-state index contributed by atoms with van der Waals surface area (Å²) in [5.74, 6) is 0.103. The van der Waals surface area contributed by atoms with E-state index in [0.717, 1.165) is 41.7 Å². The molecule has 0 radical (unpaired) electrons. The van der Waals surface area contributed by atoms with E-state index in [9.17, 15) is 4.79 Å². The molecule has 1 amide bonds. The van der Waals surface area contributed by atoms with Crippen LogP contribution in [0.5, 0.6) is 0 Å². The zero-order valence-corrected chi connectivity index (χ0v) is 14.2. The first-order valence-corrected chi connectivity index (χ1v) is 7.93. The number of H-pyrrole nitrogens is 1. The molecule has 4 heteroatoms. The molecule has 1 aromatic carbocycles. The minimum atomic E-state index is 0.103. The molecule has 1 saturated heterocycles. The second-order valence-corrected chi connectivity index (χ2v) is 6.75. The summed E-state index contributed by atoms with van der Waals surface area (Å²) in [6.45, 7) is 8.25. The Kier molecular flexibility index (Phi) is 3.73. The molecule has 2 aromatic rings. The highest BCUT2D eigenvalue weighted by Gasteiger charge is 2.28. The van der Waals surface area contributed by atoms with E-state index in [1.807, 2.05) is 18.9 Å². The predicted octanol–water partition coefficient (Wildman–Crippen LogP) is 2.87. The van der Waals surface area contributed by atoms with E-state index >= 15 is 0 Å². The number of aromatic amines is 1. The highest BCUT2D eigenvalue weighted by molar-refractivity contribution is 6.01. The van der Waals surface area contributed by atoms with Gasteiger partial charge in [-0.3, -0.25) is 4.79 Å². The molecule has 1 aliphatic rings. The van der Waals surface area contributed by atoms with Gasteiger partial charge in [0.05, 0.1) is 0 Å². The molecule has 118 valence electrons. The summed E-state index contributed by atoms with van der Waals surface area (Å²) in [6, 6.07) is 4.63. The van der Waals surface area contributed by atoms with Crippen molar-refractivity contribution in [3.05, 3.63) is 34.5 Å². The van der Waals surface area contributed by atoms with Crippen molar-refractivity contribution in [2.75, 3.05) is 27.2 Å². The normalized spacial score (nSPS) is 19.0. The Morgan fingerprint density at radius 1 is 1.32 bits per heavy atom. The second-order valence-electron chi connectivity index (χ2n) is 6.75. The third kappa shape index (κ3) is 2.41. The fraction of sp³-hybridized carbons (Fsp3) is 0.500. The predicted molar refractivity (Wildman–Crippen MR) is 90.5 cm³/mol. The van der Waals surface area contributed by atoms with Gasteiger partial charge < -0.3 is 14.8 Å². The van der Waals surface area contributed by atoms with E-state index in [-0.39, 0.29) is 5.91 Å². The topological polar surface area (TPSA) is 39.3 Å². The SMILES string of the molecule is Cc1cc(C)c2[nH]c(C(=O)N(C)C3CCN(C)C3)c(C)c2c1. The van der Waals surface area contributed by atoms with Crippen molar-refractivity contribution < 1.29 is 4.79 Å². The molecule has 0 spiro atoms. The van der Waals surface area contributed by atoms with Crippen LogP contribution in [0.25, 0.3) is 10.9 Å². The van der Waals surface area contributed by atoms with Crippen molar-refractivity contribution in [1.82, 2.24) is 14.8 Å². The zero-order valence-electron chi connectivity index (χ0n) is 14.2. The van der Waals surface area contributed by atoms with E-state index in [4.69, 9.17) is 0 Å². The van der Waals surface area contributed by atoms with Crippen LogP contribution >= 0.6 is 0 Å². The maximum atomic E-state index is 12.9. The molecular formula is C18H25N3O. The van der Waals surface area contributed by atoms with Crippen LogP contribution in [0.15, 0.2) is 12.1 Å². The molecule has 0 saturated carbocycles. The fourth-order valence-electron chi connectivity index (χ4n) is 3.57. The number of nitrogens with one attached hydrogen (secondary N) is 1. The average Bonchev–Trinajstić information content (AvgIpc) is 3.03. The van der Waals surface area contributed by atoms with Crippen LogP contribution in [0.1, 0.15) is 33.6 Å². The summed E-state index contributed by atoms with van der Waals surface area (Å²) in [4.78, 5) is 20.5. The van der Waals surface area contributed by atoms with Crippen molar-refractivity contribution in [3.8, 4) is 0 Å². The molecule has 22 heavy (non-hydrogen) atoms. The number of aromatic nitrogens is 1. The standard InChI is InChI=1S/C18H25N3O/c1-11-8-12(2)16-15(9-11)13(3)17(19-16)18(22)21(5)14-6-7-20(4)10-14/h8-9,14,19H,6-7,10H2,1-5H3. The van der Waals surface area contributed by atoms with E-state index < -0.39 is 0 Å². The Hall–Kier alpha value is -1.81. The minimum absolute atomic E-state index is 0.103. The Bertz CT molecular complexity index is 731. The molecule has 0 aliphatic carbocycles. The molecule has 4 nitrogen and oxygen atoms in total. The molecule has 1 aliphatic heterocycles. The number of carbonyl (C=O) groups is 1. The summed E-state index contributed by atoms with van der Waals surface area (Å²) in [6.07, 6.45) is 1.05. The number of benzene rings is 1. The van der Waals surface area contributed by atoms with Gasteiger partial charge in [-0.2, -0.15) is 0 Å². The van der Waals surface area contributed by atoms with Crippen molar-refractivity contribution in [2.24, 2.45) is 0 Å². The number of likely N-dealkylation sites (N-methyl/N-ethyl adjacent to an activating group) is 2. The van der Waals surface area contributed by atoms with Crippen molar-refractivity contribution in [2.45, 2.75) is 33.2 Å². The van der Waals surface area contributed by atoms with Crippen LogP contribution in [-0.2, 0) is 0 Å². The van der Waals surface area contributed by atoms with Gasteiger partial charge in [0, 0.05) is 30.5 Å². The second kappa shape index (κ2) is 5.43. The highest BCUT2D eigenvalue weighted by Crippen LogP contribution is 2.27. The van der Waals surface area contributed by atoms with Crippen molar-refractivity contribution in [3.63, 3.8) is 0 Å². The van der Waals surface area contributed by atoms with Gasteiger partial charge in [-0.25, -0.2) is 0 Å². The number of aryl methyl sites for hydroxylation is 3. The summed E-state index contributed by atoms with van der Waals surface area (Å²) in [5.41, 5.74) is 5.31. The van der Waals surface area contributed by atoms with Crippen LogP contribution in [0, 0.1) is 20.8 Å². The summed E-state index contributed by atoms with van der Waals surface area (Å²) in [5, 5.41) is 1.16. The number of hydrogen-bond donors (Lipinski definition) is 1. The van der Waals surface area contributed by atoms with Gasteiger partial charge in [0.2, 0.25) is 0 Å². The largest absolute Gasteiger partial charge is 0.350 e. The van der Waals surface area contributed by atoms with E-state index in [1.54, 1.807) is 0 Å². The van der Waals surface area contributed by atoms with Crippen molar-refractivity contribution >= 4 is 16.8 Å². The van der Waals surface area contributed by atoms with Crippen LogP contribution in [0.3, 0.4) is 0 Å². The Balaban J connectivity index is 1.97. The smallest absolute Gasteiger partial charge is 0.270 e. The number of hydrogen-bond acceptors (Lipinski definition) is 2. The highest BCUT2D eigenvalue weighted by atomic mass is 16.2. The lowest BCUT2D eigenvalue weighted by Crippen LogP contribution is -2.39. The van der Waals surface area contributed by atoms with E-state index in [1.165, 1.54) is 11.1 Å². The van der Waals surface area contributed by atoms with Gasteiger partial charge in [-0.15, -0.1) is 0 Å². The van der Waals surface area contributed by atoms with Gasteiger partial charge in [0.25, 0.3) is 5.91 Å². The number of likely N-dealkylation sites (tertiary alicyclic amines) is 1. The number of fused-ring (bicyclic) bond motifs is 1. The lowest BCUT2D eigenvalue weighted by atomic mass is 10.1. The van der Waals surface area contributed by atoms with Gasteiger partial charge in [-0.1, -0.05) is 11.6 Å². The van der Waals surface area contributed by atoms with Gasteiger partial charge in [0.1, 0.15) is 5.69 Å². The maximum Gasteiger partial charge on any atom is 0.270 e. The Morgan fingerprint density at radius 2 is 2.05 bits per heavy atom.